The average Bonchev–Trinajstić information content (AvgIpc) is 3.49. The van der Waals surface area contributed by atoms with Crippen LogP contribution in [0, 0.1) is 4.91 Å². The minimum atomic E-state index is -0.426. The van der Waals surface area contributed by atoms with Gasteiger partial charge in [-0.15, -0.1) is 4.91 Å². The third kappa shape index (κ3) is 3.56. The van der Waals surface area contributed by atoms with Crippen LogP contribution in [0.1, 0.15) is 44.4 Å². The third-order valence-electron chi connectivity index (χ3n) is 6.42. The molecule has 0 saturated carbocycles. The first-order valence-electron chi connectivity index (χ1n) is 11.4. The Morgan fingerprint density at radius 3 is 2.22 bits per heavy atom. The fourth-order valence-electron chi connectivity index (χ4n) is 4.62. The fraction of sp³-hybridized carbons (Fsp3) is 0.0714. The predicted octanol–water partition coefficient (Wildman–Crippen LogP) is 5.64. The number of hydrogen-bond donors (Lipinski definition) is 0. The molecular formula is C28H19N5O3. The third-order valence-corrected chi connectivity index (χ3v) is 6.42. The molecule has 1 aromatic heterocycles. The van der Waals surface area contributed by atoms with Crippen molar-refractivity contribution in [1.29, 1.82) is 0 Å². The van der Waals surface area contributed by atoms with Crippen LogP contribution in [0.4, 0.5) is 17.1 Å². The Morgan fingerprint density at radius 1 is 0.778 bits per heavy atom. The van der Waals surface area contributed by atoms with Crippen molar-refractivity contribution < 1.29 is 9.59 Å². The molecule has 6 rings (SSSR count). The van der Waals surface area contributed by atoms with Crippen molar-refractivity contribution in [1.82, 2.24) is 4.98 Å². The molecule has 0 radical (unpaired) electrons. The number of hydrogen-bond acceptors (Lipinski definition) is 7. The lowest BCUT2D eigenvalue weighted by molar-refractivity contribution is 0.0924. The quantitative estimate of drug-likeness (QED) is 0.276. The standard InChI is InChI=1S/C28H19N5O3/c34-27-23-7-4-16-29-26(23)28(35)32(27)21-14-10-18(11-15-21)24-17-25(19-8-12-20(31-36)13-9-19)33(30-24)22-5-2-1-3-6-22/h1-16,25H,17H2. The predicted molar refractivity (Wildman–Crippen MR) is 137 cm³/mol. The second-order valence-electron chi connectivity index (χ2n) is 8.52. The van der Waals surface area contributed by atoms with Crippen molar-refractivity contribution >= 4 is 34.6 Å². The second-order valence-corrected chi connectivity index (χ2v) is 8.52. The molecular weight excluding hydrogens is 454 g/mol. The minimum Gasteiger partial charge on any atom is -0.268 e. The normalized spacial score (nSPS) is 16.8. The van der Waals surface area contributed by atoms with E-state index in [1.807, 2.05) is 59.6 Å². The molecule has 0 saturated heterocycles. The van der Waals surface area contributed by atoms with E-state index in [9.17, 15) is 14.5 Å². The number of rotatable bonds is 5. The summed E-state index contributed by atoms with van der Waals surface area (Å²) in [6.07, 6.45) is 2.14. The number of carbonyl (C=O) groups excluding carboxylic acids is 2. The van der Waals surface area contributed by atoms with Crippen LogP contribution in [0.15, 0.2) is 107 Å². The number of amides is 2. The highest BCUT2D eigenvalue weighted by Gasteiger charge is 2.38. The lowest BCUT2D eigenvalue weighted by Gasteiger charge is -2.24. The molecule has 174 valence electrons. The molecule has 1 unspecified atom stereocenters. The van der Waals surface area contributed by atoms with Gasteiger partial charge < -0.3 is 0 Å². The van der Waals surface area contributed by atoms with Gasteiger partial charge in [-0.2, -0.15) is 5.10 Å². The highest BCUT2D eigenvalue weighted by atomic mass is 16.3. The Balaban J connectivity index is 1.31. The van der Waals surface area contributed by atoms with Crippen LogP contribution < -0.4 is 9.91 Å². The number of nitrogens with zero attached hydrogens (tertiary/aromatic N) is 5. The van der Waals surface area contributed by atoms with Gasteiger partial charge in [0.1, 0.15) is 11.4 Å². The minimum absolute atomic E-state index is 0.0647. The van der Waals surface area contributed by atoms with E-state index in [-0.39, 0.29) is 17.6 Å². The summed E-state index contributed by atoms with van der Waals surface area (Å²) in [5.41, 5.74) is 5.07. The number of pyridine rings is 1. The summed E-state index contributed by atoms with van der Waals surface area (Å²) in [5, 5.41) is 9.90. The highest BCUT2D eigenvalue weighted by Crippen LogP contribution is 2.37. The van der Waals surface area contributed by atoms with Gasteiger partial charge in [0, 0.05) is 12.6 Å². The van der Waals surface area contributed by atoms with Gasteiger partial charge in [0.2, 0.25) is 0 Å². The van der Waals surface area contributed by atoms with Crippen molar-refractivity contribution in [2.75, 3.05) is 9.91 Å². The smallest absolute Gasteiger partial charge is 0.268 e. The maximum atomic E-state index is 12.8. The summed E-state index contributed by atoms with van der Waals surface area (Å²) < 4.78 is 0. The lowest BCUT2D eigenvalue weighted by Crippen LogP contribution is -2.29. The molecule has 0 bridgehead atoms. The zero-order valence-corrected chi connectivity index (χ0v) is 19.0. The molecule has 8 heteroatoms. The van der Waals surface area contributed by atoms with Gasteiger partial charge >= 0.3 is 0 Å². The van der Waals surface area contributed by atoms with E-state index in [4.69, 9.17) is 5.10 Å². The largest absolute Gasteiger partial charge is 0.284 e. The highest BCUT2D eigenvalue weighted by molar-refractivity contribution is 6.33. The second kappa shape index (κ2) is 8.66. The zero-order chi connectivity index (χ0) is 24.6. The summed E-state index contributed by atoms with van der Waals surface area (Å²) in [6.45, 7) is 0. The first-order valence-corrected chi connectivity index (χ1v) is 11.4. The van der Waals surface area contributed by atoms with E-state index in [0.717, 1.165) is 27.4 Å². The van der Waals surface area contributed by atoms with E-state index >= 15 is 0 Å². The van der Waals surface area contributed by atoms with Crippen LogP contribution in [0.2, 0.25) is 0 Å². The number of hydrazone groups is 1. The molecule has 2 amide bonds. The molecule has 8 nitrogen and oxygen atoms in total. The van der Waals surface area contributed by atoms with Crippen LogP contribution in [-0.4, -0.2) is 22.5 Å². The van der Waals surface area contributed by atoms with E-state index in [1.165, 1.54) is 6.20 Å². The average molecular weight is 473 g/mol. The Kier molecular flexibility index (Phi) is 5.19. The number of fused-ring (bicyclic) bond motifs is 1. The summed E-state index contributed by atoms with van der Waals surface area (Å²) in [6, 6.07) is 27.5. The van der Waals surface area contributed by atoms with E-state index < -0.39 is 5.91 Å². The van der Waals surface area contributed by atoms with E-state index in [2.05, 4.69) is 10.2 Å². The molecule has 0 fully saturated rings. The van der Waals surface area contributed by atoms with Crippen molar-refractivity contribution in [3.8, 4) is 0 Å². The molecule has 1 atom stereocenters. The van der Waals surface area contributed by atoms with Crippen molar-refractivity contribution in [2.24, 2.45) is 10.3 Å². The number of benzene rings is 3. The first kappa shape index (κ1) is 21.5. The number of aromatic nitrogens is 1. The van der Waals surface area contributed by atoms with E-state index in [1.54, 1.807) is 36.4 Å². The molecule has 3 aromatic carbocycles. The molecule has 0 aliphatic carbocycles. The van der Waals surface area contributed by atoms with E-state index in [0.29, 0.717) is 23.4 Å². The number of imide groups is 1. The Bertz CT molecular complexity index is 1480. The Labute approximate surface area is 206 Å². The topological polar surface area (TPSA) is 95.3 Å². The SMILES string of the molecule is O=Nc1ccc(C2CC(c3ccc(N4C(=O)c5cccnc5C4=O)cc3)=NN2c2ccccc2)cc1. The molecule has 2 aliphatic heterocycles. The molecule has 36 heavy (non-hydrogen) atoms. The van der Waals surface area contributed by atoms with Crippen molar-refractivity contribution in [2.45, 2.75) is 12.5 Å². The van der Waals surface area contributed by atoms with Crippen molar-refractivity contribution in [3.63, 3.8) is 0 Å². The summed E-state index contributed by atoms with van der Waals surface area (Å²) in [7, 11) is 0. The Morgan fingerprint density at radius 2 is 1.53 bits per heavy atom. The fourth-order valence-corrected chi connectivity index (χ4v) is 4.62. The maximum Gasteiger partial charge on any atom is 0.284 e. The van der Waals surface area contributed by atoms with Crippen LogP contribution >= 0.6 is 0 Å². The molecule has 4 aromatic rings. The van der Waals surface area contributed by atoms with Gasteiger partial charge in [-0.05, 0) is 64.8 Å². The van der Waals surface area contributed by atoms with Gasteiger partial charge in [-0.3, -0.25) is 19.6 Å². The number of anilines is 2. The molecule has 2 aliphatic rings. The molecule has 0 spiro atoms. The molecule has 3 heterocycles. The van der Waals surface area contributed by atoms with Gasteiger partial charge in [0.05, 0.1) is 28.7 Å². The number of para-hydroxylation sites is 1. The van der Waals surface area contributed by atoms with Gasteiger partial charge in [-0.1, -0.05) is 42.5 Å². The Hall–Kier alpha value is -4.98. The molecule has 0 N–H and O–H groups in total. The maximum absolute atomic E-state index is 12.8. The summed E-state index contributed by atoms with van der Waals surface area (Å²) in [4.78, 5) is 41.7. The lowest BCUT2D eigenvalue weighted by atomic mass is 9.98. The first-order chi connectivity index (χ1) is 17.6. The number of carbonyl (C=O) groups is 2. The van der Waals surface area contributed by atoms with Gasteiger partial charge in [0.15, 0.2) is 0 Å². The van der Waals surface area contributed by atoms with Crippen LogP contribution in [-0.2, 0) is 0 Å². The summed E-state index contributed by atoms with van der Waals surface area (Å²) in [5.74, 6) is -0.803. The van der Waals surface area contributed by atoms with Gasteiger partial charge in [0.25, 0.3) is 11.8 Å². The van der Waals surface area contributed by atoms with Crippen LogP contribution in [0.25, 0.3) is 0 Å². The zero-order valence-electron chi connectivity index (χ0n) is 19.0. The monoisotopic (exact) mass is 473 g/mol. The number of nitroso groups, excluding NO2 is 1. The van der Waals surface area contributed by atoms with Crippen molar-refractivity contribution in [3.05, 3.63) is 124 Å². The van der Waals surface area contributed by atoms with Crippen LogP contribution in [0.3, 0.4) is 0 Å². The summed E-state index contributed by atoms with van der Waals surface area (Å²) >= 11 is 0. The van der Waals surface area contributed by atoms with Crippen LogP contribution in [0.5, 0.6) is 0 Å². The van der Waals surface area contributed by atoms with Gasteiger partial charge in [-0.25, -0.2) is 4.90 Å².